The van der Waals surface area contributed by atoms with Crippen LogP contribution in [0, 0.1) is 17.2 Å². The zero-order chi connectivity index (χ0) is 15.1. The zero-order valence-corrected chi connectivity index (χ0v) is 12.4. The molecule has 1 aromatic carbocycles. The molecule has 0 aliphatic carbocycles. The molecule has 21 heavy (non-hydrogen) atoms. The van der Waals surface area contributed by atoms with Gasteiger partial charge in [-0.2, -0.15) is 5.26 Å². The van der Waals surface area contributed by atoms with E-state index in [-0.39, 0.29) is 5.91 Å². The van der Waals surface area contributed by atoms with Gasteiger partial charge in [-0.1, -0.05) is 6.07 Å². The van der Waals surface area contributed by atoms with Crippen molar-refractivity contribution >= 4 is 11.6 Å². The van der Waals surface area contributed by atoms with Crippen LogP contribution in [0.3, 0.4) is 0 Å². The number of nitriles is 1. The number of nitrogens with zero attached hydrogens (tertiary/aromatic N) is 2. The number of hydrogen-bond donors (Lipinski definition) is 2. The number of benzene rings is 1. The molecule has 5 nitrogen and oxygen atoms in total. The van der Waals surface area contributed by atoms with Gasteiger partial charge >= 0.3 is 0 Å². The second-order valence-corrected chi connectivity index (χ2v) is 5.52. The first-order valence-corrected chi connectivity index (χ1v) is 7.38. The fourth-order valence-electron chi connectivity index (χ4n) is 2.71. The highest BCUT2D eigenvalue weighted by Gasteiger charge is 2.20. The molecule has 0 aromatic heterocycles. The summed E-state index contributed by atoms with van der Waals surface area (Å²) in [6.07, 6.45) is 2.27. The third kappa shape index (κ3) is 4.85. The standard InChI is InChI=1S/C16H22N4O/c1-18-11-13-5-7-20(8-6-13)12-16(21)19-15-4-2-3-14(9-15)10-17/h2-4,9,13,18H,5-8,11-12H2,1H3,(H,19,21). The molecule has 0 atom stereocenters. The number of anilines is 1. The molecule has 1 heterocycles. The van der Waals surface area contributed by atoms with Crippen molar-refractivity contribution in [3.8, 4) is 6.07 Å². The Morgan fingerprint density at radius 3 is 2.86 bits per heavy atom. The monoisotopic (exact) mass is 286 g/mol. The first-order chi connectivity index (χ1) is 10.2. The minimum absolute atomic E-state index is 0.0165. The normalized spacial score (nSPS) is 16.4. The lowest BCUT2D eigenvalue weighted by molar-refractivity contribution is -0.117. The third-order valence-electron chi connectivity index (χ3n) is 3.84. The fraction of sp³-hybridized carbons (Fsp3) is 0.500. The number of piperidine rings is 1. The minimum atomic E-state index is -0.0165. The minimum Gasteiger partial charge on any atom is -0.325 e. The quantitative estimate of drug-likeness (QED) is 0.859. The Hall–Kier alpha value is -1.90. The van der Waals surface area contributed by atoms with Crippen LogP contribution in [0.2, 0.25) is 0 Å². The van der Waals surface area contributed by atoms with Gasteiger partial charge in [0.25, 0.3) is 0 Å². The average Bonchev–Trinajstić information content (AvgIpc) is 2.49. The summed E-state index contributed by atoms with van der Waals surface area (Å²) in [4.78, 5) is 14.2. The van der Waals surface area contributed by atoms with Gasteiger partial charge in [0.05, 0.1) is 18.2 Å². The Morgan fingerprint density at radius 1 is 1.43 bits per heavy atom. The summed E-state index contributed by atoms with van der Waals surface area (Å²) < 4.78 is 0. The molecule has 2 rings (SSSR count). The smallest absolute Gasteiger partial charge is 0.238 e. The van der Waals surface area contributed by atoms with Gasteiger partial charge in [-0.25, -0.2) is 0 Å². The van der Waals surface area contributed by atoms with Crippen molar-refractivity contribution < 1.29 is 4.79 Å². The predicted octanol–water partition coefficient (Wildman–Crippen LogP) is 1.43. The Labute approximate surface area is 125 Å². The number of nitrogens with one attached hydrogen (secondary N) is 2. The summed E-state index contributed by atoms with van der Waals surface area (Å²) in [5, 5.41) is 14.9. The number of rotatable bonds is 5. The van der Waals surface area contributed by atoms with Crippen molar-refractivity contribution in [1.82, 2.24) is 10.2 Å². The average molecular weight is 286 g/mol. The van der Waals surface area contributed by atoms with Crippen LogP contribution in [-0.4, -0.2) is 44.0 Å². The van der Waals surface area contributed by atoms with Crippen LogP contribution < -0.4 is 10.6 Å². The van der Waals surface area contributed by atoms with Gasteiger partial charge in [-0.05, 0) is 63.6 Å². The second-order valence-electron chi connectivity index (χ2n) is 5.52. The maximum Gasteiger partial charge on any atom is 0.238 e. The Bertz CT molecular complexity index is 515. The number of likely N-dealkylation sites (tertiary alicyclic amines) is 1. The molecule has 1 saturated heterocycles. The molecular weight excluding hydrogens is 264 g/mol. The van der Waals surface area contributed by atoms with Crippen molar-refractivity contribution in [2.45, 2.75) is 12.8 Å². The lowest BCUT2D eigenvalue weighted by atomic mass is 9.97. The lowest BCUT2D eigenvalue weighted by Crippen LogP contribution is -2.40. The van der Waals surface area contributed by atoms with E-state index in [2.05, 4.69) is 21.6 Å². The van der Waals surface area contributed by atoms with Crippen LogP contribution in [0.25, 0.3) is 0 Å². The highest BCUT2D eigenvalue weighted by Crippen LogP contribution is 2.16. The van der Waals surface area contributed by atoms with E-state index in [1.807, 2.05) is 7.05 Å². The van der Waals surface area contributed by atoms with E-state index in [0.29, 0.717) is 17.8 Å². The molecule has 1 aliphatic heterocycles. The van der Waals surface area contributed by atoms with Crippen molar-refractivity contribution in [3.63, 3.8) is 0 Å². The maximum atomic E-state index is 12.0. The highest BCUT2D eigenvalue weighted by atomic mass is 16.2. The van der Waals surface area contributed by atoms with Gasteiger partial charge in [-0.15, -0.1) is 0 Å². The molecule has 5 heteroatoms. The maximum absolute atomic E-state index is 12.0. The molecule has 0 saturated carbocycles. The van der Waals surface area contributed by atoms with Crippen LogP contribution in [0.5, 0.6) is 0 Å². The molecule has 112 valence electrons. The van der Waals surface area contributed by atoms with Crippen LogP contribution in [0.4, 0.5) is 5.69 Å². The summed E-state index contributed by atoms with van der Waals surface area (Å²) in [5.41, 5.74) is 1.24. The van der Waals surface area contributed by atoms with Gasteiger partial charge in [0.2, 0.25) is 5.91 Å². The van der Waals surface area contributed by atoms with E-state index < -0.39 is 0 Å². The molecule has 1 aliphatic rings. The first-order valence-electron chi connectivity index (χ1n) is 7.38. The van der Waals surface area contributed by atoms with Crippen molar-refractivity contribution in [1.29, 1.82) is 5.26 Å². The van der Waals surface area contributed by atoms with Crippen molar-refractivity contribution in [2.24, 2.45) is 5.92 Å². The van der Waals surface area contributed by atoms with E-state index >= 15 is 0 Å². The van der Waals surface area contributed by atoms with Crippen LogP contribution >= 0.6 is 0 Å². The molecule has 1 fully saturated rings. The molecule has 1 aromatic rings. The van der Waals surface area contributed by atoms with E-state index in [1.165, 1.54) is 0 Å². The number of carbonyl (C=O) groups is 1. The summed E-state index contributed by atoms with van der Waals surface area (Å²) in [7, 11) is 1.98. The van der Waals surface area contributed by atoms with Crippen molar-refractivity contribution in [2.75, 3.05) is 38.5 Å². The second kappa shape index (κ2) is 7.77. The Morgan fingerprint density at radius 2 is 2.19 bits per heavy atom. The zero-order valence-electron chi connectivity index (χ0n) is 12.4. The SMILES string of the molecule is CNCC1CCN(CC(=O)Nc2cccc(C#N)c2)CC1. The summed E-state index contributed by atoms with van der Waals surface area (Å²) >= 11 is 0. The number of carbonyl (C=O) groups excluding carboxylic acids is 1. The molecule has 1 amide bonds. The molecule has 2 N–H and O–H groups in total. The van der Waals surface area contributed by atoms with Gasteiger partial charge in [-0.3, -0.25) is 9.69 Å². The van der Waals surface area contributed by atoms with Gasteiger partial charge in [0.15, 0.2) is 0 Å². The molecule has 0 unspecified atom stereocenters. The van der Waals surface area contributed by atoms with Gasteiger partial charge in [0.1, 0.15) is 0 Å². The highest BCUT2D eigenvalue weighted by molar-refractivity contribution is 5.92. The molecule has 0 bridgehead atoms. The first kappa shape index (κ1) is 15.5. The largest absolute Gasteiger partial charge is 0.325 e. The number of hydrogen-bond acceptors (Lipinski definition) is 4. The Kier molecular flexibility index (Phi) is 5.73. The number of amides is 1. The summed E-state index contributed by atoms with van der Waals surface area (Å²) in [6, 6.07) is 9.07. The molecule has 0 radical (unpaired) electrons. The summed E-state index contributed by atoms with van der Waals surface area (Å²) in [6.45, 7) is 3.42. The lowest BCUT2D eigenvalue weighted by Gasteiger charge is -2.31. The van der Waals surface area contributed by atoms with E-state index in [4.69, 9.17) is 5.26 Å². The molecular formula is C16H22N4O. The van der Waals surface area contributed by atoms with E-state index in [1.54, 1.807) is 24.3 Å². The topological polar surface area (TPSA) is 68.2 Å². The van der Waals surface area contributed by atoms with Gasteiger partial charge < -0.3 is 10.6 Å². The molecule has 0 spiro atoms. The van der Waals surface area contributed by atoms with Crippen molar-refractivity contribution in [3.05, 3.63) is 29.8 Å². The van der Waals surface area contributed by atoms with Gasteiger partial charge in [0, 0.05) is 5.69 Å². The third-order valence-corrected chi connectivity index (χ3v) is 3.84. The van der Waals surface area contributed by atoms with Crippen LogP contribution in [0.1, 0.15) is 18.4 Å². The van der Waals surface area contributed by atoms with Crippen LogP contribution in [0.15, 0.2) is 24.3 Å². The van der Waals surface area contributed by atoms with E-state index in [9.17, 15) is 4.79 Å². The van der Waals surface area contributed by atoms with E-state index in [0.717, 1.165) is 38.4 Å². The predicted molar refractivity (Wildman–Crippen MR) is 82.9 cm³/mol. The Balaban J connectivity index is 1.79. The van der Waals surface area contributed by atoms with Crippen LogP contribution in [-0.2, 0) is 4.79 Å². The fourth-order valence-corrected chi connectivity index (χ4v) is 2.71. The summed E-state index contributed by atoms with van der Waals surface area (Å²) in [5.74, 6) is 0.707.